The highest BCUT2D eigenvalue weighted by molar-refractivity contribution is 6.03. The smallest absolute Gasteiger partial charge is 0.272 e. The van der Waals surface area contributed by atoms with E-state index in [1.54, 1.807) is 36.7 Å². The van der Waals surface area contributed by atoms with Crippen molar-refractivity contribution < 1.29 is 13.9 Å². The summed E-state index contributed by atoms with van der Waals surface area (Å²) in [7, 11) is 0. The molecule has 0 unspecified atom stereocenters. The second-order valence-corrected chi connectivity index (χ2v) is 4.86. The third-order valence-electron chi connectivity index (χ3n) is 3.11. The van der Waals surface area contributed by atoms with Crippen LogP contribution in [0, 0.1) is 5.82 Å². The quantitative estimate of drug-likeness (QED) is 0.759. The first-order valence-electron chi connectivity index (χ1n) is 6.98. The molecule has 1 aromatic carbocycles. The lowest BCUT2D eigenvalue weighted by atomic mass is 10.2. The van der Waals surface area contributed by atoms with Crippen molar-refractivity contribution in [2.24, 2.45) is 0 Å². The SMILES string of the molecule is O=C(Nc1cccc(OCc2cccnc2)c1)c1cc(F)c[nH]1. The number of benzene rings is 1. The minimum absolute atomic E-state index is 0.157. The lowest BCUT2D eigenvalue weighted by molar-refractivity contribution is 0.102. The van der Waals surface area contributed by atoms with E-state index in [4.69, 9.17) is 4.74 Å². The van der Waals surface area contributed by atoms with Crippen LogP contribution in [-0.2, 0) is 6.61 Å². The van der Waals surface area contributed by atoms with Gasteiger partial charge in [0.1, 0.15) is 23.9 Å². The molecule has 116 valence electrons. The topological polar surface area (TPSA) is 67.0 Å². The van der Waals surface area contributed by atoms with Crippen molar-refractivity contribution in [1.29, 1.82) is 0 Å². The van der Waals surface area contributed by atoms with Crippen molar-refractivity contribution >= 4 is 11.6 Å². The van der Waals surface area contributed by atoms with Gasteiger partial charge in [-0.3, -0.25) is 9.78 Å². The molecular formula is C17H14FN3O2. The van der Waals surface area contributed by atoms with Crippen molar-refractivity contribution in [2.75, 3.05) is 5.32 Å². The molecule has 2 heterocycles. The number of nitrogens with one attached hydrogen (secondary N) is 2. The summed E-state index contributed by atoms with van der Waals surface area (Å²) in [6.07, 6.45) is 4.55. The van der Waals surface area contributed by atoms with Crippen LogP contribution in [0.3, 0.4) is 0 Å². The van der Waals surface area contributed by atoms with E-state index >= 15 is 0 Å². The summed E-state index contributed by atoms with van der Waals surface area (Å²) >= 11 is 0. The molecule has 1 amide bonds. The Kier molecular flexibility index (Phi) is 4.33. The van der Waals surface area contributed by atoms with Crippen LogP contribution in [0.5, 0.6) is 5.75 Å². The molecule has 5 nitrogen and oxygen atoms in total. The molecule has 0 fully saturated rings. The van der Waals surface area contributed by atoms with Gasteiger partial charge in [-0.1, -0.05) is 12.1 Å². The average Bonchev–Trinajstić information content (AvgIpc) is 3.01. The number of hydrogen-bond donors (Lipinski definition) is 2. The van der Waals surface area contributed by atoms with Gasteiger partial charge in [-0.05, 0) is 18.2 Å². The minimum atomic E-state index is -0.483. The van der Waals surface area contributed by atoms with Crippen LogP contribution >= 0.6 is 0 Å². The number of H-pyrrole nitrogens is 1. The number of anilines is 1. The van der Waals surface area contributed by atoms with Gasteiger partial charge >= 0.3 is 0 Å². The fourth-order valence-electron chi connectivity index (χ4n) is 2.01. The third-order valence-corrected chi connectivity index (χ3v) is 3.11. The summed E-state index contributed by atoms with van der Waals surface area (Å²) in [4.78, 5) is 18.5. The summed E-state index contributed by atoms with van der Waals surface area (Å²) in [5.74, 6) is -0.286. The fraction of sp³-hybridized carbons (Fsp3) is 0.0588. The molecular weight excluding hydrogens is 297 g/mol. The van der Waals surface area contributed by atoms with Gasteiger partial charge in [-0.25, -0.2) is 4.39 Å². The van der Waals surface area contributed by atoms with Crippen molar-refractivity contribution in [3.8, 4) is 5.75 Å². The van der Waals surface area contributed by atoms with Crippen LogP contribution in [-0.4, -0.2) is 15.9 Å². The van der Waals surface area contributed by atoms with E-state index in [0.29, 0.717) is 18.0 Å². The Bertz CT molecular complexity index is 802. The molecule has 23 heavy (non-hydrogen) atoms. The first-order chi connectivity index (χ1) is 11.2. The number of rotatable bonds is 5. The molecule has 0 spiro atoms. The number of halogens is 1. The maximum atomic E-state index is 12.9. The third kappa shape index (κ3) is 3.94. The van der Waals surface area contributed by atoms with E-state index in [2.05, 4.69) is 15.3 Å². The van der Waals surface area contributed by atoms with E-state index in [1.165, 1.54) is 0 Å². The summed E-state index contributed by atoms with van der Waals surface area (Å²) in [6.45, 7) is 0.382. The molecule has 0 saturated heterocycles. The lowest BCUT2D eigenvalue weighted by Gasteiger charge is -2.08. The van der Waals surface area contributed by atoms with E-state index in [-0.39, 0.29) is 5.69 Å². The van der Waals surface area contributed by atoms with Gasteiger partial charge in [-0.15, -0.1) is 0 Å². The molecule has 0 bridgehead atoms. The first-order valence-corrected chi connectivity index (χ1v) is 6.98. The Hall–Kier alpha value is -3.15. The Balaban J connectivity index is 1.64. The predicted molar refractivity (Wildman–Crippen MR) is 83.7 cm³/mol. The molecule has 0 saturated carbocycles. The second-order valence-electron chi connectivity index (χ2n) is 4.86. The van der Waals surface area contributed by atoms with Crippen LogP contribution in [0.4, 0.5) is 10.1 Å². The molecule has 0 radical (unpaired) electrons. The van der Waals surface area contributed by atoms with Gasteiger partial charge in [0.15, 0.2) is 0 Å². The van der Waals surface area contributed by atoms with Crippen LogP contribution in [0.25, 0.3) is 0 Å². The summed E-state index contributed by atoms with van der Waals surface area (Å²) in [6, 6.07) is 11.9. The van der Waals surface area contributed by atoms with Gasteiger partial charge in [0.05, 0.1) is 0 Å². The Morgan fingerprint density at radius 1 is 1.26 bits per heavy atom. The number of carbonyl (C=O) groups is 1. The van der Waals surface area contributed by atoms with Crippen molar-refractivity contribution in [2.45, 2.75) is 6.61 Å². The number of aromatic amines is 1. The number of nitrogens with zero attached hydrogens (tertiary/aromatic N) is 1. The van der Waals surface area contributed by atoms with Crippen LogP contribution in [0.15, 0.2) is 61.1 Å². The predicted octanol–water partition coefficient (Wildman–Crippen LogP) is 3.38. The van der Waals surface area contributed by atoms with Crippen LogP contribution in [0.1, 0.15) is 16.1 Å². The standard InChI is InChI=1S/C17H14FN3O2/c18-13-7-16(20-10-13)17(22)21-14-4-1-5-15(8-14)23-11-12-3-2-6-19-9-12/h1-10,20H,11H2,(H,21,22). The molecule has 3 rings (SSSR count). The number of carbonyl (C=O) groups excluding carboxylic acids is 1. The lowest BCUT2D eigenvalue weighted by Crippen LogP contribution is -2.12. The number of amides is 1. The molecule has 0 aliphatic rings. The highest BCUT2D eigenvalue weighted by atomic mass is 19.1. The zero-order valence-electron chi connectivity index (χ0n) is 12.1. The molecule has 0 atom stereocenters. The molecule has 0 aliphatic heterocycles. The first kappa shape index (κ1) is 14.8. The van der Waals surface area contributed by atoms with E-state index in [9.17, 15) is 9.18 Å². The fourth-order valence-corrected chi connectivity index (χ4v) is 2.01. The van der Waals surface area contributed by atoms with Crippen molar-refractivity contribution in [3.63, 3.8) is 0 Å². The Morgan fingerprint density at radius 3 is 2.91 bits per heavy atom. The monoisotopic (exact) mass is 311 g/mol. The van der Waals surface area contributed by atoms with Gasteiger partial charge in [0, 0.05) is 42.0 Å². The molecule has 0 aliphatic carbocycles. The largest absolute Gasteiger partial charge is 0.489 e. The van der Waals surface area contributed by atoms with E-state index < -0.39 is 11.7 Å². The normalized spacial score (nSPS) is 10.3. The molecule has 2 N–H and O–H groups in total. The number of pyridine rings is 1. The number of ether oxygens (including phenoxy) is 1. The Morgan fingerprint density at radius 2 is 2.17 bits per heavy atom. The highest BCUT2D eigenvalue weighted by Crippen LogP contribution is 2.19. The second kappa shape index (κ2) is 6.74. The minimum Gasteiger partial charge on any atom is -0.489 e. The van der Waals surface area contributed by atoms with Gasteiger partial charge in [0.25, 0.3) is 5.91 Å². The van der Waals surface area contributed by atoms with E-state index in [1.807, 2.05) is 12.1 Å². The maximum Gasteiger partial charge on any atom is 0.272 e. The zero-order chi connectivity index (χ0) is 16.1. The van der Waals surface area contributed by atoms with Crippen LogP contribution in [0.2, 0.25) is 0 Å². The molecule has 2 aromatic heterocycles. The van der Waals surface area contributed by atoms with Crippen molar-refractivity contribution in [1.82, 2.24) is 9.97 Å². The van der Waals surface area contributed by atoms with Gasteiger partial charge in [0.2, 0.25) is 0 Å². The van der Waals surface area contributed by atoms with Gasteiger partial charge < -0.3 is 15.0 Å². The number of aromatic nitrogens is 2. The average molecular weight is 311 g/mol. The summed E-state index contributed by atoms with van der Waals surface area (Å²) in [5, 5.41) is 2.68. The maximum absolute atomic E-state index is 12.9. The highest BCUT2D eigenvalue weighted by Gasteiger charge is 2.09. The number of hydrogen-bond acceptors (Lipinski definition) is 3. The van der Waals surface area contributed by atoms with Crippen LogP contribution < -0.4 is 10.1 Å². The molecule has 6 heteroatoms. The summed E-state index contributed by atoms with van der Waals surface area (Å²) in [5.41, 5.74) is 1.67. The zero-order valence-corrected chi connectivity index (χ0v) is 12.1. The van der Waals surface area contributed by atoms with Gasteiger partial charge in [-0.2, -0.15) is 0 Å². The molecule has 3 aromatic rings. The Labute approximate surface area is 132 Å². The van der Waals surface area contributed by atoms with Crippen molar-refractivity contribution in [3.05, 3.63) is 78.1 Å². The van der Waals surface area contributed by atoms with E-state index in [0.717, 1.165) is 17.8 Å². The summed E-state index contributed by atoms with van der Waals surface area (Å²) < 4.78 is 18.6.